The zero-order valence-corrected chi connectivity index (χ0v) is 20.4. The molecule has 0 saturated carbocycles. The van der Waals surface area contributed by atoms with E-state index in [1.165, 1.54) is 0 Å². The van der Waals surface area contributed by atoms with E-state index in [9.17, 15) is 17.6 Å². The Hall–Kier alpha value is -4.55. The molecule has 0 bridgehead atoms. The van der Waals surface area contributed by atoms with Crippen molar-refractivity contribution in [2.45, 2.75) is 0 Å². The lowest BCUT2D eigenvalue weighted by molar-refractivity contribution is 0.334. The van der Waals surface area contributed by atoms with Crippen molar-refractivity contribution in [1.82, 2.24) is 0 Å². The van der Waals surface area contributed by atoms with Gasteiger partial charge in [0.2, 0.25) is 23.3 Å². The quantitative estimate of drug-likeness (QED) is 0.119. The first-order valence-corrected chi connectivity index (χ1v) is 11.2. The van der Waals surface area contributed by atoms with E-state index in [0.29, 0.717) is 32.4 Å². The van der Waals surface area contributed by atoms with Gasteiger partial charge in [-0.3, -0.25) is 0 Å². The van der Waals surface area contributed by atoms with Crippen LogP contribution in [0.5, 0.6) is 11.5 Å². The minimum Gasteiger partial charge on any atom is -0.491 e. The molecule has 0 aliphatic rings. The van der Waals surface area contributed by atoms with Crippen LogP contribution in [0.15, 0.2) is 30.3 Å². The molecule has 0 N–H and O–H groups in total. The number of fused-ring (bicyclic) bond motifs is 2. The molecule has 0 saturated heterocycles. The normalized spacial score (nSPS) is 11.5. The van der Waals surface area contributed by atoms with E-state index in [1.54, 1.807) is 0 Å². The van der Waals surface area contributed by atoms with Crippen molar-refractivity contribution in [3.05, 3.63) is 94.3 Å². The van der Waals surface area contributed by atoms with E-state index >= 15 is 30.7 Å². The Balaban J connectivity index is 2.17. The number of methoxy groups -OCH3 is 2. The Morgan fingerprint density at radius 2 is 0.756 bits per heavy atom. The summed E-state index contributed by atoms with van der Waals surface area (Å²) in [5.74, 6) is -25.0. The minimum absolute atomic E-state index is 0.367. The van der Waals surface area contributed by atoms with Crippen LogP contribution in [-0.2, 0) is 0 Å². The van der Waals surface area contributed by atoms with Gasteiger partial charge >= 0.3 is 0 Å². The Bertz CT molecular complexity index is 1880. The van der Waals surface area contributed by atoms with Crippen molar-refractivity contribution in [2.24, 2.45) is 0 Å². The molecular formula is C28H11F11O2. The van der Waals surface area contributed by atoms with Crippen molar-refractivity contribution in [3.8, 4) is 33.8 Å². The van der Waals surface area contributed by atoms with Crippen molar-refractivity contribution >= 4 is 21.5 Å². The Morgan fingerprint density at radius 3 is 1.17 bits per heavy atom. The highest BCUT2D eigenvalue weighted by Gasteiger charge is 2.35. The molecule has 0 unspecified atom stereocenters. The highest BCUT2D eigenvalue weighted by atomic mass is 19.2. The lowest BCUT2D eigenvalue weighted by Gasteiger charge is -2.21. The molecule has 2 nitrogen and oxygen atoms in total. The molecule has 212 valence electrons. The van der Waals surface area contributed by atoms with E-state index in [1.807, 2.05) is 0 Å². The van der Waals surface area contributed by atoms with Gasteiger partial charge in [0.05, 0.1) is 25.3 Å². The SMILES string of the molecule is COc1c(F)c(F)c(-c2c3cccc(F)c3c(-c3c(F)c(F)c(OC)c(F)c3F)c3c(F)ccc(F)c23)c(F)c1F. The molecule has 5 aromatic rings. The molecule has 5 aromatic carbocycles. The van der Waals surface area contributed by atoms with Crippen LogP contribution < -0.4 is 9.47 Å². The van der Waals surface area contributed by atoms with Crippen LogP contribution in [0.2, 0.25) is 0 Å². The molecule has 0 aromatic heterocycles. The van der Waals surface area contributed by atoms with Gasteiger partial charge in [-0.25, -0.2) is 30.7 Å². The predicted molar refractivity (Wildman–Crippen MR) is 125 cm³/mol. The summed E-state index contributed by atoms with van der Waals surface area (Å²) in [5, 5.41) is -4.57. The molecule has 5 rings (SSSR count). The molecule has 0 spiro atoms. The molecule has 0 amide bonds. The lowest BCUT2D eigenvalue weighted by atomic mass is 9.84. The average molecular weight is 588 g/mol. The zero-order valence-electron chi connectivity index (χ0n) is 20.4. The first kappa shape index (κ1) is 28.0. The molecular weight excluding hydrogens is 577 g/mol. The summed E-state index contributed by atoms with van der Waals surface area (Å²) in [5.41, 5.74) is -5.88. The highest BCUT2D eigenvalue weighted by Crippen LogP contribution is 2.50. The second-order valence-corrected chi connectivity index (χ2v) is 8.52. The zero-order chi connectivity index (χ0) is 30.1. The van der Waals surface area contributed by atoms with E-state index in [-0.39, 0.29) is 0 Å². The summed E-state index contributed by atoms with van der Waals surface area (Å²) in [6.45, 7) is 0. The Morgan fingerprint density at radius 1 is 0.390 bits per heavy atom. The van der Waals surface area contributed by atoms with Gasteiger partial charge in [0.1, 0.15) is 17.5 Å². The molecule has 0 aliphatic carbocycles. The second kappa shape index (κ2) is 9.82. The summed E-state index contributed by atoms with van der Waals surface area (Å²) in [6, 6.07) is 3.04. The summed E-state index contributed by atoms with van der Waals surface area (Å²) >= 11 is 0. The van der Waals surface area contributed by atoms with Gasteiger partial charge in [-0.05, 0) is 23.6 Å². The average Bonchev–Trinajstić information content (AvgIpc) is 2.94. The Labute approximate surface area is 222 Å². The third-order valence-electron chi connectivity index (χ3n) is 6.49. The predicted octanol–water partition coefficient (Wildman–Crippen LogP) is 8.87. The standard InChI is InChI=1S/C28H11F11O2/c1-40-27-23(36)19(32)17(20(33)24(27)37)13-8-4-3-5-9(29)12(8)16(15-11(31)7-6-10(30)14(13)15)18-21(34)25(38)28(41-2)26(39)22(18)35/h3-7H,1-2H3. The van der Waals surface area contributed by atoms with Gasteiger partial charge in [0.15, 0.2) is 34.8 Å². The number of hydrogen-bond donors (Lipinski definition) is 0. The smallest absolute Gasteiger partial charge is 0.204 e. The van der Waals surface area contributed by atoms with Crippen LogP contribution in [0.3, 0.4) is 0 Å². The van der Waals surface area contributed by atoms with Crippen molar-refractivity contribution in [3.63, 3.8) is 0 Å². The molecule has 13 heteroatoms. The fourth-order valence-corrected chi connectivity index (χ4v) is 4.82. The summed E-state index contributed by atoms with van der Waals surface area (Å²) in [7, 11) is 1.35. The number of rotatable bonds is 4. The molecule has 0 aliphatic heterocycles. The van der Waals surface area contributed by atoms with Gasteiger partial charge in [-0.1, -0.05) is 12.1 Å². The molecule has 41 heavy (non-hydrogen) atoms. The summed E-state index contributed by atoms with van der Waals surface area (Å²) in [4.78, 5) is 0. The maximum absolute atomic E-state index is 15.5. The maximum atomic E-state index is 15.5. The van der Waals surface area contributed by atoms with E-state index in [4.69, 9.17) is 0 Å². The highest BCUT2D eigenvalue weighted by molar-refractivity contribution is 6.22. The topological polar surface area (TPSA) is 18.5 Å². The van der Waals surface area contributed by atoms with E-state index in [0.717, 1.165) is 12.1 Å². The van der Waals surface area contributed by atoms with Crippen LogP contribution in [0.4, 0.5) is 48.3 Å². The summed E-state index contributed by atoms with van der Waals surface area (Å²) < 4.78 is 175. The number of benzene rings is 5. The van der Waals surface area contributed by atoms with Crippen molar-refractivity contribution in [1.29, 1.82) is 0 Å². The van der Waals surface area contributed by atoms with Gasteiger partial charge in [-0.15, -0.1) is 0 Å². The minimum atomic E-state index is -2.22. The third kappa shape index (κ3) is 3.78. The van der Waals surface area contributed by atoms with E-state index < -0.39 is 119 Å². The number of ether oxygens (including phenoxy) is 2. The molecule has 0 fully saturated rings. The summed E-state index contributed by atoms with van der Waals surface area (Å²) in [6.07, 6.45) is 0. The lowest BCUT2D eigenvalue weighted by Crippen LogP contribution is -2.08. The van der Waals surface area contributed by atoms with Crippen molar-refractivity contribution in [2.75, 3.05) is 14.2 Å². The van der Waals surface area contributed by atoms with Gasteiger partial charge in [0.25, 0.3) is 0 Å². The van der Waals surface area contributed by atoms with Crippen molar-refractivity contribution < 1.29 is 57.8 Å². The molecule has 0 atom stereocenters. The first-order valence-electron chi connectivity index (χ1n) is 11.2. The molecule has 0 radical (unpaired) electrons. The van der Waals surface area contributed by atoms with Gasteiger partial charge < -0.3 is 9.47 Å². The number of halogens is 11. The molecule has 0 heterocycles. The van der Waals surface area contributed by atoms with Crippen LogP contribution in [0.1, 0.15) is 0 Å². The van der Waals surface area contributed by atoms with Gasteiger partial charge in [0, 0.05) is 27.3 Å². The number of hydrogen-bond acceptors (Lipinski definition) is 2. The van der Waals surface area contributed by atoms with E-state index in [2.05, 4.69) is 9.47 Å². The third-order valence-corrected chi connectivity index (χ3v) is 6.49. The fraction of sp³-hybridized carbons (Fsp3) is 0.0714. The van der Waals surface area contributed by atoms with Crippen LogP contribution in [0, 0.1) is 64.0 Å². The Kier molecular flexibility index (Phi) is 6.71. The maximum Gasteiger partial charge on any atom is 0.204 e. The first-order chi connectivity index (χ1) is 19.4. The largest absolute Gasteiger partial charge is 0.491 e. The second-order valence-electron chi connectivity index (χ2n) is 8.52. The van der Waals surface area contributed by atoms with Crippen LogP contribution in [0.25, 0.3) is 43.8 Å². The monoisotopic (exact) mass is 588 g/mol. The van der Waals surface area contributed by atoms with Crippen LogP contribution in [-0.4, -0.2) is 14.2 Å². The van der Waals surface area contributed by atoms with Crippen LogP contribution >= 0.6 is 0 Å². The van der Waals surface area contributed by atoms with Gasteiger partial charge in [-0.2, -0.15) is 17.6 Å². The fourth-order valence-electron chi connectivity index (χ4n) is 4.82.